The summed E-state index contributed by atoms with van der Waals surface area (Å²) in [5, 5.41) is 16.0. The fourth-order valence-electron chi connectivity index (χ4n) is 3.11. The number of benzene rings is 2. The van der Waals surface area contributed by atoms with Crippen LogP contribution in [0, 0.1) is 0 Å². The molecule has 3 rings (SSSR count). The molecule has 0 saturated carbocycles. The van der Waals surface area contributed by atoms with Crippen LogP contribution in [0.4, 0.5) is 5.69 Å². The highest BCUT2D eigenvalue weighted by Gasteiger charge is 2.16. The minimum Gasteiger partial charge on any atom is -0.497 e. The Hall–Kier alpha value is -3.85. The molecule has 1 atom stereocenters. The van der Waals surface area contributed by atoms with Crippen molar-refractivity contribution < 1.29 is 24.2 Å². The van der Waals surface area contributed by atoms with Crippen LogP contribution in [0.3, 0.4) is 0 Å². The molecule has 1 unspecified atom stereocenters. The zero-order valence-electron chi connectivity index (χ0n) is 17.9. The number of nitrogens with one attached hydrogen (secondary N) is 2. The Labute approximate surface area is 186 Å². The maximum absolute atomic E-state index is 12.6. The molecule has 0 aliphatic carbocycles. The minimum atomic E-state index is -0.991. The number of aliphatic hydroxyl groups is 1. The van der Waals surface area contributed by atoms with Crippen molar-refractivity contribution in [1.82, 2.24) is 14.9 Å². The highest BCUT2D eigenvalue weighted by molar-refractivity contribution is 5.97. The molecule has 1 aromatic heterocycles. The molecule has 2 amide bonds. The first kappa shape index (κ1) is 22.8. The van der Waals surface area contributed by atoms with Gasteiger partial charge in [0.25, 0.3) is 5.91 Å². The van der Waals surface area contributed by atoms with Gasteiger partial charge < -0.3 is 29.8 Å². The van der Waals surface area contributed by atoms with Crippen molar-refractivity contribution in [2.75, 3.05) is 26.1 Å². The van der Waals surface area contributed by atoms with Crippen LogP contribution in [-0.4, -0.2) is 47.2 Å². The lowest BCUT2D eigenvalue weighted by Gasteiger charge is -2.17. The zero-order valence-corrected chi connectivity index (χ0v) is 17.9. The molecule has 0 aliphatic rings. The lowest BCUT2D eigenvalue weighted by molar-refractivity contribution is -0.116. The van der Waals surface area contributed by atoms with Crippen molar-refractivity contribution in [3.05, 3.63) is 72.3 Å². The van der Waals surface area contributed by atoms with E-state index in [9.17, 15) is 14.7 Å². The number of nitrogens with zero attached hydrogens (tertiary/aromatic N) is 2. The van der Waals surface area contributed by atoms with Crippen molar-refractivity contribution in [2.24, 2.45) is 0 Å². The lowest BCUT2D eigenvalue weighted by atomic mass is 10.1. The molecule has 9 heteroatoms. The second kappa shape index (κ2) is 11.0. The third kappa shape index (κ3) is 6.08. The van der Waals surface area contributed by atoms with Gasteiger partial charge in [0.1, 0.15) is 17.6 Å². The number of rotatable bonds is 10. The van der Waals surface area contributed by atoms with Gasteiger partial charge in [0.2, 0.25) is 5.91 Å². The molecule has 1 heterocycles. The fraction of sp³-hybridized carbons (Fsp3) is 0.261. The summed E-state index contributed by atoms with van der Waals surface area (Å²) in [6.45, 7) is 0.488. The van der Waals surface area contributed by atoms with E-state index in [4.69, 9.17) is 9.47 Å². The lowest BCUT2D eigenvalue weighted by Crippen LogP contribution is -2.28. The number of methoxy groups -OCH3 is 2. The zero-order chi connectivity index (χ0) is 22.9. The first-order valence-electron chi connectivity index (χ1n) is 10.0. The molecular formula is C23H26N4O5. The maximum atomic E-state index is 12.6. The van der Waals surface area contributed by atoms with Crippen molar-refractivity contribution in [3.63, 3.8) is 0 Å². The summed E-state index contributed by atoms with van der Waals surface area (Å²) in [6, 6.07) is 11.7. The molecule has 0 bridgehead atoms. The van der Waals surface area contributed by atoms with Gasteiger partial charge in [0, 0.05) is 48.7 Å². The van der Waals surface area contributed by atoms with Crippen LogP contribution in [0.25, 0.3) is 0 Å². The first-order valence-corrected chi connectivity index (χ1v) is 10.0. The normalized spacial score (nSPS) is 11.5. The van der Waals surface area contributed by atoms with E-state index in [1.807, 2.05) is 4.57 Å². The average molecular weight is 438 g/mol. The van der Waals surface area contributed by atoms with Gasteiger partial charge in [-0.25, -0.2) is 4.98 Å². The molecule has 9 nitrogen and oxygen atoms in total. The van der Waals surface area contributed by atoms with Crippen LogP contribution in [0.1, 0.15) is 28.4 Å². The third-order valence-corrected chi connectivity index (χ3v) is 4.82. The Morgan fingerprint density at radius 2 is 2.00 bits per heavy atom. The van der Waals surface area contributed by atoms with Crippen molar-refractivity contribution >= 4 is 17.5 Å². The average Bonchev–Trinajstić information content (AvgIpc) is 3.34. The Morgan fingerprint density at radius 3 is 2.72 bits per heavy atom. The number of aryl methyl sites for hydroxylation is 1. The van der Waals surface area contributed by atoms with Crippen LogP contribution >= 0.6 is 0 Å². The number of carbonyl (C=O) groups is 2. The second-order valence-corrected chi connectivity index (χ2v) is 7.01. The van der Waals surface area contributed by atoms with Crippen molar-refractivity contribution in [3.8, 4) is 11.5 Å². The number of hydrogen-bond acceptors (Lipinski definition) is 6. The molecule has 0 spiro atoms. The molecule has 0 radical (unpaired) electrons. The van der Waals surface area contributed by atoms with Gasteiger partial charge in [-0.1, -0.05) is 6.07 Å². The van der Waals surface area contributed by atoms with E-state index in [-0.39, 0.29) is 24.8 Å². The number of amides is 2. The quantitative estimate of drug-likeness (QED) is 0.448. The molecular weight excluding hydrogens is 412 g/mol. The van der Waals surface area contributed by atoms with Crippen molar-refractivity contribution in [2.45, 2.75) is 19.1 Å². The number of imidazole rings is 1. The third-order valence-electron chi connectivity index (χ3n) is 4.82. The molecule has 0 fully saturated rings. The summed E-state index contributed by atoms with van der Waals surface area (Å²) in [5.74, 6) is 0.521. The summed E-state index contributed by atoms with van der Waals surface area (Å²) >= 11 is 0. The van der Waals surface area contributed by atoms with Gasteiger partial charge in [-0.05, 0) is 36.4 Å². The van der Waals surface area contributed by atoms with Gasteiger partial charge in [0.05, 0.1) is 20.5 Å². The first-order chi connectivity index (χ1) is 15.5. The number of hydrogen-bond donors (Lipinski definition) is 3. The summed E-state index contributed by atoms with van der Waals surface area (Å²) < 4.78 is 12.3. The second-order valence-electron chi connectivity index (χ2n) is 7.01. The number of aromatic nitrogens is 2. The van der Waals surface area contributed by atoms with E-state index in [1.54, 1.807) is 61.2 Å². The molecule has 168 valence electrons. The van der Waals surface area contributed by atoms with Crippen LogP contribution in [-0.2, 0) is 11.3 Å². The van der Waals surface area contributed by atoms with Gasteiger partial charge in [0.15, 0.2) is 0 Å². The van der Waals surface area contributed by atoms with E-state index in [0.29, 0.717) is 34.9 Å². The summed E-state index contributed by atoms with van der Waals surface area (Å²) in [5.41, 5.74) is 1.39. The Kier molecular flexibility index (Phi) is 7.82. The fourth-order valence-corrected chi connectivity index (χ4v) is 3.11. The van der Waals surface area contributed by atoms with Crippen molar-refractivity contribution in [1.29, 1.82) is 0 Å². The van der Waals surface area contributed by atoms with E-state index >= 15 is 0 Å². The predicted octanol–water partition coefficient (Wildman–Crippen LogP) is 2.39. The SMILES string of the molecule is COc1ccc(OC)c(C(O)CNC(=O)c2cccc(NC(=O)CCn3ccnc3)c2)c1. The topological polar surface area (TPSA) is 115 Å². The Bertz CT molecular complexity index is 1050. The Balaban J connectivity index is 1.57. The number of aliphatic hydroxyl groups excluding tert-OH is 1. The molecule has 3 N–H and O–H groups in total. The van der Waals surface area contributed by atoms with E-state index < -0.39 is 6.10 Å². The number of ether oxygens (including phenoxy) is 2. The molecule has 32 heavy (non-hydrogen) atoms. The minimum absolute atomic E-state index is 0.0240. The van der Waals surface area contributed by atoms with E-state index in [0.717, 1.165) is 0 Å². The van der Waals surface area contributed by atoms with Crippen LogP contribution in [0.5, 0.6) is 11.5 Å². The largest absolute Gasteiger partial charge is 0.497 e. The summed E-state index contributed by atoms with van der Waals surface area (Å²) in [7, 11) is 3.04. The van der Waals surface area contributed by atoms with Gasteiger partial charge >= 0.3 is 0 Å². The maximum Gasteiger partial charge on any atom is 0.251 e. The smallest absolute Gasteiger partial charge is 0.251 e. The monoisotopic (exact) mass is 438 g/mol. The van der Waals surface area contributed by atoms with Crippen LogP contribution in [0.15, 0.2) is 61.2 Å². The molecule has 2 aromatic carbocycles. The van der Waals surface area contributed by atoms with E-state index in [2.05, 4.69) is 15.6 Å². The molecule has 0 aliphatic heterocycles. The molecule has 3 aromatic rings. The van der Waals surface area contributed by atoms with Crippen LogP contribution in [0.2, 0.25) is 0 Å². The van der Waals surface area contributed by atoms with E-state index in [1.165, 1.54) is 14.2 Å². The number of carbonyl (C=O) groups excluding carboxylic acids is 2. The predicted molar refractivity (Wildman–Crippen MR) is 119 cm³/mol. The molecule has 0 saturated heterocycles. The van der Waals surface area contributed by atoms with Gasteiger partial charge in [-0.3, -0.25) is 9.59 Å². The summed E-state index contributed by atoms with van der Waals surface area (Å²) in [6.07, 6.45) is 4.37. The summed E-state index contributed by atoms with van der Waals surface area (Å²) in [4.78, 5) is 28.7. The standard InChI is InChI=1S/C23H26N4O5/c1-31-18-6-7-21(32-2)19(13-18)20(28)14-25-23(30)16-4-3-5-17(12-16)26-22(29)8-10-27-11-9-24-15-27/h3-7,9,11-13,15,20,28H,8,10,14H2,1-2H3,(H,25,30)(H,26,29). The highest BCUT2D eigenvalue weighted by atomic mass is 16.5. The van der Waals surface area contributed by atoms with Crippen LogP contribution < -0.4 is 20.1 Å². The highest BCUT2D eigenvalue weighted by Crippen LogP contribution is 2.29. The number of anilines is 1. The Morgan fingerprint density at radius 1 is 1.16 bits per heavy atom. The van der Waals surface area contributed by atoms with Gasteiger partial charge in [-0.15, -0.1) is 0 Å². The van der Waals surface area contributed by atoms with Gasteiger partial charge in [-0.2, -0.15) is 0 Å².